The molecule has 0 aliphatic carbocycles. The van der Waals surface area contributed by atoms with Crippen LogP contribution in [-0.2, 0) is 13.0 Å². The predicted molar refractivity (Wildman–Crippen MR) is 76.5 cm³/mol. The van der Waals surface area contributed by atoms with Crippen LogP contribution < -0.4 is 10.1 Å². The number of ether oxygens (including phenoxy) is 1. The number of benzene rings is 2. The SMILES string of the molecule is COc1cccc(CNCCc2ccccc2)c1O. The zero-order chi connectivity index (χ0) is 13.5. The minimum absolute atomic E-state index is 0.220. The van der Waals surface area contributed by atoms with Gasteiger partial charge in [0.1, 0.15) is 0 Å². The maximum atomic E-state index is 9.94. The topological polar surface area (TPSA) is 41.5 Å². The molecule has 0 aliphatic rings. The average molecular weight is 257 g/mol. The van der Waals surface area contributed by atoms with E-state index in [4.69, 9.17) is 4.74 Å². The van der Waals surface area contributed by atoms with Gasteiger partial charge in [0.25, 0.3) is 0 Å². The first-order valence-electron chi connectivity index (χ1n) is 6.40. The van der Waals surface area contributed by atoms with Crippen molar-refractivity contribution in [3.05, 3.63) is 59.7 Å². The number of phenolic OH excluding ortho intramolecular Hbond substituents is 1. The zero-order valence-electron chi connectivity index (χ0n) is 11.1. The summed E-state index contributed by atoms with van der Waals surface area (Å²) < 4.78 is 5.08. The van der Waals surface area contributed by atoms with Crippen molar-refractivity contribution in [1.82, 2.24) is 5.32 Å². The largest absolute Gasteiger partial charge is 0.504 e. The lowest BCUT2D eigenvalue weighted by Gasteiger charge is -2.09. The van der Waals surface area contributed by atoms with Gasteiger partial charge in [0, 0.05) is 12.1 Å². The van der Waals surface area contributed by atoms with Crippen LogP contribution in [0, 0.1) is 0 Å². The van der Waals surface area contributed by atoms with Crippen molar-refractivity contribution in [3.63, 3.8) is 0 Å². The first-order valence-corrected chi connectivity index (χ1v) is 6.40. The lowest BCUT2D eigenvalue weighted by atomic mass is 10.1. The fraction of sp³-hybridized carbons (Fsp3) is 0.250. The summed E-state index contributed by atoms with van der Waals surface area (Å²) in [6, 6.07) is 15.9. The Hall–Kier alpha value is -2.00. The molecule has 0 fully saturated rings. The quantitative estimate of drug-likeness (QED) is 0.782. The van der Waals surface area contributed by atoms with Crippen LogP contribution in [0.5, 0.6) is 11.5 Å². The van der Waals surface area contributed by atoms with E-state index in [9.17, 15) is 5.11 Å². The minimum atomic E-state index is 0.220. The van der Waals surface area contributed by atoms with Gasteiger partial charge in [-0.2, -0.15) is 0 Å². The maximum Gasteiger partial charge on any atom is 0.162 e. The van der Waals surface area contributed by atoms with Crippen molar-refractivity contribution < 1.29 is 9.84 Å². The highest BCUT2D eigenvalue weighted by molar-refractivity contribution is 5.45. The number of aromatic hydroxyl groups is 1. The van der Waals surface area contributed by atoms with Crippen molar-refractivity contribution in [2.45, 2.75) is 13.0 Å². The standard InChI is InChI=1S/C16H19NO2/c1-19-15-9-5-8-14(16(15)18)12-17-11-10-13-6-3-2-4-7-13/h2-9,17-18H,10-12H2,1H3. The summed E-state index contributed by atoms with van der Waals surface area (Å²) in [5.74, 6) is 0.736. The summed E-state index contributed by atoms with van der Waals surface area (Å²) in [7, 11) is 1.56. The number of methoxy groups -OCH3 is 1. The molecule has 0 spiro atoms. The van der Waals surface area contributed by atoms with Crippen molar-refractivity contribution in [2.24, 2.45) is 0 Å². The van der Waals surface area contributed by atoms with E-state index < -0.39 is 0 Å². The van der Waals surface area contributed by atoms with Gasteiger partial charge in [-0.25, -0.2) is 0 Å². The summed E-state index contributed by atoms with van der Waals surface area (Å²) in [6.07, 6.45) is 0.978. The molecule has 0 atom stereocenters. The number of nitrogens with one attached hydrogen (secondary N) is 1. The number of rotatable bonds is 6. The van der Waals surface area contributed by atoms with Gasteiger partial charge in [0.2, 0.25) is 0 Å². The highest BCUT2D eigenvalue weighted by Gasteiger charge is 2.06. The Morgan fingerprint density at radius 3 is 2.58 bits per heavy atom. The Morgan fingerprint density at radius 1 is 1.05 bits per heavy atom. The van der Waals surface area contributed by atoms with Crippen LogP contribution in [0.2, 0.25) is 0 Å². The van der Waals surface area contributed by atoms with Crippen LogP contribution in [0.3, 0.4) is 0 Å². The highest BCUT2D eigenvalue weighted by Crippen LogP contribution is 2.28. The fourth-order valence-corrected chi connectivity index (χ4v) is 1.98. The molecule has 2 aromatic carbocycles. The molecule has 0 aliphatic heterocycles. The van der Waals surface area contributed by atoms with Gasteiger partial charge < -0.3 is 15.2 Å². The summed E-state index contributed by atoms with van der Waals surface area (Å²) in [5, 5.41) is 13.3. The molecule has 0 amide bonds. The van der Waals surface area contributed by atoms with Gasteiger partial charge >= 0.3 is 0 Å². The maximum absolute atomic E-state index is 9.94. The zero-order valence-corrected chi connectivity index (χ0v) is 11.1. The van der Waals surface area contributed by atoms with Gasteiger partial charge in [-0.3, -0.25) is 0 Å². The Balaban J connectivity index is 1.83. The third-order valence-electron chi connectivity index (χ3n) is 3.05. The van der Waals surface area contributed by atoms with Crippen LogP contribution in [-0.4, -0.2) is 18.8 Å². The molecule has 0 bridgehead atoms. The molecule has 0 radical (unpaired) electrons. The first kappa shape index (κ1) is 13.4. The summed E-state index contributed by atoms with van der Waals surface area (Å²) >= 11 is 0. The van der Waals surface area contributed by atoms with E-state index in [1.165, 1.54) is 5.56 Å². The van der Waals surface area contributed by atoms with E-state index in [1.807, 2.05) is 30.3 Å². The minimum Gasteiger partial charge on any atom is -0.504 e. The third-order valence-corrected chi connectivity index (χ3v) is 3.05. The number of hydrogen-bond acceptors (Lipinski definition) is 3. The molecule has 0 aromatic heterocycles. The first-order chi connectivity index (χ1) is 9.31. The monoisotopic (exact) mass is 257 g/mol. The summed E-state index contributed by atoms with van der Waals surface area (Å²) in [4.78, 5) is 0. The van der Waals surface area contributed by atoms with E-state index in [2.05, 4.69) is 17.4 Å². The Kier molecular flexibility index (Phi) is 4.81. The molecule has 3 nitrogen and oxygen atoms in total. The van der Waals surface area contributed by atoms with Gasteiger partial charge in [0.15, 0.2) is 11.5 Å². The molecule has 19 heavy (non-hydrogen) atoms. The molecule has 0 heterocycles. The second-order valence-corrected chi connectivity index (χ2v) is 4.38. The molecule has 0 saturated carbocycles. The Morgan fingerprint density at radius 2 is 1.84 bits per heavy atom. The van der Waals surface area contributed by atoms with E-state index in [0.717, 1.165) is 18.5 Å². The van der Waals surface area contributed by atoms with Crippen molar-refractivity contribution in [3.8, 4) is 11.5 Å². The van der Waals surface area contributed by atoms with Gasteiger partial charge in [-0.05, 0) is 24.6 Å². The molecule has 0 unspecified atom stereocenters. The van der Waals surface area contributed by atoms with E-state index in [-0.39, 0.29) is 5.75 Å². The van der Waals surface area contributed by atoms with Gasteiger partial charge in [0.05, 0.1) is 7.11 Å². The molecule has 2 N–H and O–H groups in total. The van der Waals surface area contributed by atoms with Crippen LogP contribution in [0.4, 0.5) is 0 Å². The van der Waals surface area contributed by atoms with Crippen LogP contribution in [0.25, 0.3) is 0 Å². The fourth-order valence-electron chi connectivity index (χ4n) is 1.98. The molecule has 3 heteroatoms. The second kappa shape index (κ2) is 6.81. The molecule has 100 valence electrons. The van der Waals surface area contributed by atoms with Crippen molar-refractivity contribution in [1.29, 1.82) is 0 Å². The highest BCUT2D eigenvalue weighted by atomic mass is 16.5. The lowest BCUT2D eigenvalue weighted by Crippen LogP contribution is -2.16. The normalized spacial score (nSPS) is 10.4. The number of para-hydroxylation sites is 1. The average Bonchev–Trinajstić information content (AvgIpc) is 2.46. The van der Waals surface area contributed by atoms with Gasteiger partial charge in [-0.15, -0.1) is 0 Å². The second-order valence-electron chi connectivity index (χ2n) is 4.38. The van der Waals surface area contributed by atoms with E-state index >= 15 is 0 Å². The van der Waals surface area contributed by atoms with Crippen LogP contribution >= 0.6 is 0 Å². The molecular weight excluding hydrogens is 238 g/mol. The number of phenols is 1. The van der Waals surface area contributed by atoms with Crippen LogP contribution in [0.15, 0.2) is 48.5 Å². The molecular formula is C16H19NO2. The van der Waals surface area contributed by atoms with Crippen molar-refractivity contribution in [2.75, 3.05) is 13.7 Å². The summed E-state index contributed by atoms with van der Waals surface area (Å²) in [5.41, 5.74) is 2.16. The van der Waals surface area contributed by atoms with Crippen LogP contribution in [0.1, 0.15) is 11.1 Å². The molecule has 2 aromatic rings. The Bertz CT molecular complexity index is 511. The third kappa shape index (κ3) is 3.73. The van der Waals surface area contributed by atoms with E-state index in [0.29, 0.717) is 12.3 Å². The number of hydrogen-bond donors (Lipinski definition) is 2. The van der Waals surface area contributed by atoms with E-state index in [1.54, 1.807) is 13.2 Å². The predicted octanol–water partition coefficient (Wildman–Crippen LogP) is 2.73. The smallest absolute Gasteiger partial charge is 0.162 e. The molecule has 0 saturated heterocycles. The molecule has 2 rings (SSSR count). The Labute approximate surface area is 113 Å². The lowest BCUT2D eigenvalue weighted by molar-refractivity contribution is 0.369. The van der Waals surface area contributed by atoms with Gasteiger partial charge in [-0.1, -0.05) is 42.5 Å². The van der Waals surface area contributed by atoms with Crippen molar-refractivity contribution >= 4 is 0 Å². The summed E-state index contributed by atoms with van der Waals surface area (Å²) in [6.45, 7) is 1.51.